The third kappa shape index (κ3) is 6.01. The molecule has 0 aliphatic heterocycles. The fraction of sp³-hybridized carbons (Fsp3) is 0.611. The highest BCUT2D eigenvalue weighted by molar-refractivity contribution is 7.14. The molecule has 1 heterocycles. The second kappa shape index (κ2) is 8.53. The number of nitrogens with one attached hydrogen (secondary N) is 3. The van der Waals surface area contributed by atoms with Crippen molar-refractivity contribution in [1.82, 2.24) is 16.2 Å². The molecule has 0 saturated carbocycles. The van der Waals surface area contributed by atoms with Gasteiger partial charge in [-0.15, -0.1) is 11.3 Å². The number of rotatable bonds is 3. The number of amides is 3. The van der Waals surface area contributed by atoms with Crippen LogP contribution in [0.4, 0.5) is 4.79 Å². The molecule has 1 aromatic heterocycles. The number of hydrogen-bond acceptors (Lipinski definition) is 5. The number of ether oxygens (including phenoxy) is 1. The van der Waals surface area contributed by atoms with E-state index in [9.17, 15) is 14.4 Å². The summed E-state index contributed by atoms with van der Waals surface area (Å²) in [5, 5.41) is 2.42. The lowest BCUT2D eigenvalue weighted by Gasteiger charge is -2.21. The van der Waals surface area contributed by atoms with Gasteiger partial charge in [0.25, 0.3) is 11.8 Å². The zero-order chi connectivity index (χ0) is 19.3. The van der Waals surface area contributed by atoms with Crippen LogP contribution in [-0.2, 0) is 22.4 Å². The smallest absolute Gasteiger partial charge is 0.408 e. The molecule has 0 saturated heterocycles. The molecule has 8 heteroatoms. The molecule has 7 nitrogen and oxygen atoms in total. The Morgan fingerprint density at radius 1 is 1.12 bits per heavy atom. The van der Waals surface area contributed by atoms with Crippen molar-refractivity contribution in [3.8, 4) is 0 Å². The van der Waals surface area contributed by atoms with Crippen molar-refractivity contribution in [2.24, 2.45) is 0 Å². The first-order valence-electron chi connectivity index (χ1n) is 8.87. The van der Waals surface area contributed by atoms with Crippen LogP contribution < -0.4 is 16.2 Å². The molecule has 1 unspecified atom stereocenters. The highest BCUT2D eigenvalue weighted by Gasteiger charge is 2.22. The van der Waals surface area contributed by atoms with Gasteiger partial charge in [-0.1, -0.05) is 6.42 Å². The summed E-state index contributed by atoms with van der Waals surface area (Å²) in [6.45, 7) is 6.72. The molecule has 3 amide bonds. The zero-order valence-corrected chi connectivity index (χ0v) is 16.5. The maximum absolute atomic E-state index is 12.3. The van der Waals surface area contributed by atoms with Gasteiger partial charge in [0.2, 0.25) is 0 Å². The van der Waals surface area contributed by atoms with Crippen molar-refractivity contribution < 1.29 is 19.1 Å². The van der Waals surface area contributed by atoms with Crippen molar-refractivity contribution in [3.63, 3.8) is 0 Å². The Bertz CT molecular complexity index is 655. The molecule has 0 aromatic carbocycles. The molecule has 0 radical (unpaired) electrons. The summed E-state index contributed by atoms with van der Waals surface area (Å²) in [5.41, 5.74) is 5.34. The van der Waals surface area contributed by atoms with Crippen LogP contribution in [0.5, 0.6) is 0 Å². The SMILES string of the molecule is CC(NC(=O)OC(C)(C)C)C(=O)NNC(=O)c1cc2c(s1)CCCCC2. The van der Waals surface area contributed by atoms with Gasteiger partial charge in [0.1, 0.15) is 11.6 Å². The first-order chi connectivity index (χ1) is 12.2. The average Bonchev–Trinajstić information content (AvgIpc) is 2.81. The topological polar surface area (TPSA) is 96.5 Å². The van der Waals surface area contributed by atoms with Crippen LogP contribution in [0, 0.1) is 0 Å². The van der Waals surface area contributed by atoms with Gasteiger partial charge in [0.05, 0.1) is 4.88 Å². The number of hydrazine groups is 1. The van der Waals surface area contributed by atoms with Gasteiger partial charge in [0.15, 0.2) is 0 Å². The highest BCUT2D eigenvalue weighted by atomic mass is 32.1. The molecule has 3 N–H and O–H groups in total. The molecular formula is C18H27N3O4S. The Kier molecular flexibility index (Phi) is 6.63. The summed E-state index contributed by atoms with van der Waals surface area (Å²) in [5.74, 6) is -0.872. The van der Waals surface area contributed by atoms with Gasteiger partial charge in [-0.25, -0.2) is 4.79 Å². The maximum Gasteiger partial charge on any atom is 0.408 e. The largest absolute Gasteiger partial charge is 0.444 e. The molecule has 0 spiro atoms. The number of thiophene rings is 1. The van der Waals surface area contributed by atoms with Crippen LogP contribution in [0.1, 0.15) is 67.1 Å². The number of carbonyl (C=O) groups excluding carboxylic acids is 3. The van der Waals surface area contributed by atoms with E-state index in [2.05, 4.69) is 16.2 Å². The Balaban J connectivity index is 1.83. The minimum absolute atomic E-state index is 0.346. The van der Waals surface area contributed by atoms with Crippen LogP contribution >= 0.6 is 11.3 Å². The normalized spacial score (nSPS) is 15.2. The molecule has 1 aliphatic carbocycles. The standard InChI is InChI=1S/C18H27N3O4S/c1-11(19-17(24)25-18(2,3)4)15(22)20-21-16(23)14-10-12-8-6-5-7-9-13(12)26-14/h10-11H,5-9H2,1-4H3,(H,19,24)(H,20,22)(H,21,23). The molecule has 0 bridgehead atoms. The summed E-state index contributed by atoms with van der Waals surface area (Å²) in [6.07, 6.45) is 4.85. The van der Waals surface area contributed by atoms with Gasteiger partial charge in [0, 0.05) is 4.88 Å². The maximum atomic E-state index is 12.3. The predicted octanol–water partition coefficient (Wildman–Crippen LogP) is 2.69. The summed E-state index contributed by atoms with van der Waals surface area (Å²) in [4.78, 5) is 37.8. The van der Waals surface area contributed by atoms with E-state index in [1.54, 1.807) is 20.8 Å². The Hall–Kier alpha value is -2.09. The molecule has 2 rings (SSSR count). The summed E-state index contributed by atoms with van der Waals surface area (Å²) in [6, 6.07) is 1.07. The third-order valence-electron chi connectivity index (χ3n) is 3.90. The Labute approximate surface area is 157 Å². The molecule has 1 atom stereocenters. The lowest BCUT2D eigenvalue weighted by Crippen LogP contribution is -2.51. The van der Waals surface area contributed by atoms with Gasteiger partial charge in [-0.2, -0.15) is 0 Å². The Morgan fingerprint density at radius 3 is 2.50 bits per heavy atom. The summed E-state index contributed by atoms with van der Waals surface area (Å²) in [7, 11) is 0. The summed E-state index contributed by atoms with van der Waals surface area (Å²) < 4.78 is 5.09. The van der Waals surface area contributed by atoms with Crippen LogP contribution in [0.15, 0.2) is 6.07 Å². The van der Waals surface area contributed by atoms with Gasteiger partial charge < -0.3 is 10.1 Å². The molecule has 1 aliphatic rings. The lowest BCUT2D eigenvalue weighted by atomic mass is 10.1. The van der Waals surface area contributed by atoms with Crippen LogP contribution in [0.3, 0.4) is 0 Å². The van der Waals surface area contributed by atoms with Gasteiger partial charge in [-0.05, 0) is 65.0 Å². The van der Waals surface area contributed by atoms with E-state index in [-0.39, 0.29) is 5.91 Å². The van der Waals surface area contributed by atoms with E-state index in [0.717, 1.165) is 25.7 Å². The van der Waals surface area contributed by atoms with E-state index in [4.69, 9.17) is 4.74 Å². The minimum Gasteiger partial charge on any atom is -0.444 e. The van der Waals surface area contributed by atoms with Gasteiger partial charge >= 0.3 is 6.09 Å². The van der Waals surface area contributed by atoms with Crippen molar-refractivity contribution >= 4 is 29.2 Å². The zero-order valence-electron chi connectivity index (χ0n) is 15.7. The van der Waals surface area contributed by atoms with E-state index in [1.807, 2.05) is 6.07 Å². The van der Waals surface area contributed by atoms with E-state index in [0.29, 0.717) is 4.88 Å². The molecule has 144 valence electrons. The van der Waals surface area contributed by atoms with Crippen LogP contribution in [0.25, 0.3) is 0 Å². The molecule has 26 heavy (non-hydrogen) atoms. The van der Waals surface area contributed by atoms with Crippen molar-refractivity contribution in [2.45, 2.75) is 71.4 Å². The molecule has 0 fully saturated rings. The average molecular weight is 381 g/mol. The fourth-order valence-electron chi connectivity index (χ4n) is 2.62. The predicted molar refractivity (Wildman–Crippen MR) is 100 cm³/mol. The molecule has 1 aromatic rings. The van der Waals surface area contributed by atoms with Crippen molar-refractivity contribution in [2.75, 3.05) is 0 Å². The number of hydrogen-bond donors (Lipinski definition) is 3. The first-order valence-corrected chi connectivity index (χ1v) is 9.68. The number of aryl methyl sites for hydroxylation is 2. The monoisotopic (exact) mass is 381 g/mol. The minimum atomic E-state index is -0.842. The van der Waals surface area contributed by atoms with E-state index >= 15 is 0 Å². The van der Waals surface area contributed by atoms with Crippen LogP contribution in [-0.4, -0.2) is 29.6 Å². The third-order valence-corrected chi connectivity index (χ3v) is 5.13. The Morgan fingerprint density at radius 2 is 1.81 bits per heavy atom. The number of fused-ring (bicyclic) bond motifs is 1. The fourth-order valence-corrected chi connectivity index (χ4v) is 3.77. The van der Waals surface area contributed by atoms with E-state index < -0.39 is 23.6 Å². The van der Waals surface area contributed by atoms with Crippen molar-refractivity contribution in [3.05, 3.63) is 21.4 Å². The summed E-state index contributed by atoms with van der Waals surface area (Å²) >= 11 is 1.48. The number of carbonyl (C=O) groups is 3. The van der Waals surface area contributed by atoms with E-state index in [1.165, 1.54) is 35.1 Å². The van der Waals surface area contributed by atoms with Crippen LogP contribution in [0.2, 0.25) is 0 Å². The lowest BCUT2D eigenvalue weighted by molar-refractivity contribution is -0.123. The first kappa shape index (κ1) is 20.2. The highest BCUT2D eigenvalue weighted by Crippen LogP contribution is 2.28. The quantitative estimate of drug-likeness (QED) is 0.554. The van der Waals surface area contributed by atoms with Crippen molar-refractivity contribution in [1.29, 1.82) is 0 Å². The second-order valence-corrected chi connectivity index (χ2v) is 8.57. The second-order valence-electron chi connectivity index (χ2n) is 7.43. The van der Waals surface area contributed by atoms with Gasteiger partial charge in [-0.3, -0.25) is 20.4 Å². The number of alkyl carbamates (subject to hydrolysis) is 1. The molecular weight excluding hydrogens is 354 g/mol.